The molecule has 2 heteroatoms. The molecule has 11 heavy (non-hydrogen) atoms. The van der Waals surface area contributed by atoms with Crippen LogP contribution in [0.5, 0.6) is 0 Å². The fraction of sp³-hybridized carbons (Fsp3) is 0.333. The highest BCUT2D eigenvalue weighted by molar-refractivity contribution is 6.93. The lowest BCUT2D eigenvalue weighted by atomic mass is 10.1. The van der Waals surface area contributed by atoms with E-state index in [1.807, 2.05) is 0 Å². The van der Waals surface area contributed by atoms with Gasteiger partial charge in [0.2, 0.25) is 0 Å². The normalized spacial score (nSPS) is 9.36. The van der Waals surface area contributed by atoms with Crippen molar-refractivity contribution >= 4 is 28.3 Å². The fourth-order valence-electron chi connectivity index (χ4n) is 1.17. The van der Waals surface area contributed by atoms with Crippen molar-refractivity contribution in [2.24, 2.45) is 0 Å². The summed E-state index contributed by atoms with van der Waals surface area (Å²) >= 11 is -0.349. The molecule has 56 valence electrons. The second-order valence-corrected chi connectivity index (χ2v) is 4.88. The first-order valence-electron chi connectivity index (χ1n) is 3.86. The Labute approximate surface area is 81.5 Å². The summed E-state index contributed by atoms with van der Waals surface area (Å²) in [7, 11) is 5.80. The minimum Gasteiger partial charge on any atom is -0.345 e. The highest BCUT2D eigenvalue weighted by Crippen LogP contribution is 2.10. The third-order valence-electron chi connectivity index (χ3n) is 1.87. The lowest BCUT2D eigenvalue weighted by molar-refractivity contribution is 1.26. The Kier molecular flexibility index (Phi) is 3.69. The van der Waals surface area contributed by atoms with Gasteiger partial charge in [0.25, 0.3) is 0 Å². The minimum atomic E-state index is -0.349. The molecular formula is C9H11ClMg. The van der Waals surface area contributed by atoms with Gasteiger partial charge in [-0.3, -0.25) is 0 Å². The van der Waals surface area contributed by atoms with Crippen LogP contribution in [-0.4, -0.2) is 19.3 Å². The van der Waals surface area contributed by atoms with Crippen LogP contribution in [0.3, 0.4) is 0 Å². The van der Waals surface area contributed by atoms with E-state index in [0.29, 0.717) is 0 Å². The van der Waals surface area contributed by atoms with Crippen LogP contribution in [0, 0.1) is 13.8 Å². The quantitative estimate of drug-likeness (QED) is 0.612. The zero-order valence-electron chi connectivity index (χ0n) is 7.02. The van der Waals surface area contributed by atoms with Gasteiger partial charge in [0.05, 0.1) is 0 Å². The Morgan fingerprint density at radius 3 is 2.73 bits per heavy atom. The average Bonchev–Trinajstić information content (AvgIpc) is 1.98. The van der Waals surface area contributed by atoms with Gasteiger partial charge in [0.15, 0.2) is 0 Å². The number of halogens is 1. The van der Waals surface area contributed by atoms with Crippen LogP contribution in [-0.2, 0) is 4.55 Å². The van der Waals surface area contributed by atoms with Crippen LogP contribution >= 0.6 is 9.07 Å². The van der Waals surface area contributed by atoms with Gasteiger partial charge in [-0.05, 0) is 13.8 Å². The van der Waals surface area contributed by atoms with Crippen LogP contribution < -0.4 is 0 Å². The van der Waals surface area contributed by atoms with E-state index in [9.17, 15) is 0 Å². The van der Waals surface area contributed by atoms with Crippen molar-refractivity contribution in [3.63, 3.8) is 0 Å². The van der Waals surface area contributed by atoms with E-state index in [1.165, 1.54) is 16.7 Å². The van der Waals surface area contributed by atoms with E-state index in [0.717, 1.165) is 4.55 Å². The van der Waals surface area contributed by atoms with E-state index in [4.69, 9.17) is 9.07 Å². The summed E-state index contributed by atoms with van der Waals surface area (Å²) < 4.78 is 1.12. The van der Waals surface area contributed by atoms with E-state index >= 15 is 0 Å². The number of aryl methyl sites for hydroxylation is 2. The Bertz CT molecular complexity index is 245. The molecule has 0 atom stereocenters. The Hall–Kier alpha value is 0.276. The largest absolute Gasteiger partial charge is 0.505 e. The zero-order chi connectivity index (χ0) is 8.27. The topological polar surface area (TPSA) is 0 Å². The molecule has 1 aromatic rings. The Morgan fingerprint density at radius 1 is 1.36 bits per heavy atom. The van der Waals surface area contributed by atoms with Gasteiger partial charge in [-0.2, -0.15) is 0 Å². The van der Waals surface area contributed by atoms with Gasteiger partial charge >= 0.3 is 19.3 Å². The van der Waals surface area contributed by atoms with Gasteiger partial charge in [0, 0.05) is 0 Å². The van der Waals surface area contributed by atoms with Crippen molar-refractivity contribution in [2.75, 3.05) is 0 Å². The molecule has 0 fully saturated rings. The summed E-state index contributed by atoms with van der Waals surface area (Å²) in [5.74, 6) is 0. The molecule has 0 nitrogen and oxygen atoms in total. The van der Waals surface area contributed by atoms with Crippen molar-refractivity contribution in [1.29, 1.82) is 0 Å². The predicted molar refractivity (Wildman–Crippen MR) is 51.2 cm³/mol. The van der Waals surface area contributed by atoms with Crippen molar-refractivity contribution in [3.8, 4) is 0 Å². The Morgan fingerprint density at radius 2 is 2.09 bits per heavy atom. The van der Waals surface area contributed by atoms with Crippen LogP contribution in [0.4, 0.5) is 0 Å². The molecule has 0 N–H and O–H groups in total. The molecule has 0 unspecified atom stereocenters. The monoisotopic (exact) mass is 178 g/mol. The number of rotatable bonds is 2. The summed E-state index contributed by atoms with van der Waals surface area (Å²) in [6.45, 7) is 4.27. The lowest BCUT2D eigenvalue weighted by Gasteiger charge is -2.03. The predicted octanol–water partition coefficient (Wildman–Crippen LogP) is 2.66. The molecular weight excluding hydrogens is 168 g/mol. The number of benzene rings is 1. The molecule has 0 bridgehead atoms. The van der Waals surface area contributed by atoms with Gasteiger partial charge in [0.1, 0.15) is 0 Å². The summed E-state index contributed by atoms with van der Waals surface area (Å²) in [4.78, 5) is 0. The van der Waals surface area contributed by atoms with E-state index in [-0.39, 0.29) is 19.3 Å². The molecule has 0 saturated carbocycles. The summed E-state index contributed by atoms with van der Waals surface area (Å²) in [6, 6.07) is 6.56. The van der Waals surface area contributed by atoms with Gasteiger partial charge in [-0.25, -0.2) is 0 Å². The fourth-order valence-corrected chi connectivity index (χ4v) is 2.52. The van der Waals surface area contributed by atoms with Gasteiger partial charge in [-0.15, -0.1) is 0 Å². The molecule has 0 aromatic heterocycles. The molecule has 0 amide bonds. The molecule has 0 aliphatic rings. The lowest BCUT2D eigenvalue weighted by Crippen LogP contribution is -1.93. The van der Waals surface area contributed by atoms with E-state index in [2.05, 4.69) is 32.0 Å². The summed E-state index contributed by atoms with van der Waals surface area (Å²) in [5, 5.41) is 0. The van der Waals surface area contributed by atoms with Gasteiger partial charge in [-0.1, -0.05) is 39.4 Å². The van der Waals surface area contributed by atoms with E-state index in [1.54, 1.807) is 0 Å². The van der Waals surface area contributed by atoms with Crippen molar-refractivity contribution in [1.82, 2.24) is 0 Å². The highest BCUT2D eigenvalue weighted by atomic mass is 35.5. The van der Waals surface area contributed by atoms with Crippen molar-refractivity contribution < 1.29 is 0 Å². The average molecular weight is 179 g/mol. The molecule has 1 aromatic carbocycles. The summed E-state index contributed by atoms with van der Waals surface area (Å²) in [6.07, 6.45) is 0. The smallest absolute Gasteiger partial charge is 0.345 e. The maximum Gasteiger partial charge on any atom is 0.505 e. The molecule has 0 aliphatic heterocycles. The minimum absolute atomic E-state index is 0.349. The van der Waals surface area contributed by atoms with Gasteiger partial charge < -0.3 is 9.07 Å². The maximum absolute atomic E-state index is 5.80. The summed E-state index contributed by atoms with van der Waals surface area (Å²) in [5.41, 5.74) is 4.15. The maximum atomic E-state index is 5.80. The van der Waals surface area contributed by atoms with E-state index < -0.39 is 0 Å². The second-order valence-electron chi connectivity index (χ2n) is 2.87. The van der Waals surface area contributed by atoms with Crippen LogP contribution in [0.25, 0.3) is 0 Å². The number of hydrogen-bond donors (Lipinski definition) is 0. The van der Waals surface area contributed by atoms with Crippen molar-refractivity contribution in [3.05, 3.63) is 34.9 Å². The Balaban J connectivity index is 2.93. The molecule has 1 rings (SSSR count). The second kappa shape index (κ2) is 4.34. The first kappa shape index (κ1) is 9.36. The van der Waals surface area contributed by atoms with Crippen LogP contribution in [0.2, 0.25) is 0 Å². The molecule has 0 spiro atoms. The zero-order valence-corrected chi connectivity index (χ0v) is 9.19. The molecule has 0 heterocycles. The number of hydrogen-bond acceptors (Lipinski definition) is 0. The first-order chi connectivity index (χ1) is 5.24. The first-order valence-corrected chi connectivity index (χ1v) is 7.00. The standard InChI is InChI=1S/C9H11.ClH.Mg/c1-7-4-5-8(2)9(3)6-7;;/h4-6H,3H2,1-2H3;1H;/q;;+1/p-1. The SMILES string of the molecule is Cc1ccc(C)c([CH2][Mg][Cl])c1. The van der Waals surface area contributed by atoms with Crippen molar-refractivity contribution in [2.45, 2.75) is 18.4 Å². The van der Waals surface area contributed by atoms with Crippen LogP contribution in [0.15, 0.2) is 18.2 Å². The van der Waals surface area contributed by atoms with Crippen LogP contribution in [0.1, 0.15) is 16.7 Å². The molecule has 0 saturated heterocycles. The third kappa shape index (κ3) is 2.66. The molecule has 0 aliphatic carbocycles. The third-order valence-corrected chi connectivity index (χ3v) is 3.16. The highest BCUT2D eigenvalue weighted by Gasteiger charge is 1.99. The molecule has 0 radical (unpaired) electrons.